The zero-order chi connectivity index (χ0) is 10.1. The van der Waals surface area contributed by atoms with Crippen molar-refractivity contribution in [2.24, 2.45) is 0 Å². The highest BCUT2D eigenvalue weighted by atomic mass is 32.2. The van der Waals surface area contributed by atoms with Gasteiger partial charge in [0.2, 0.25) is 0 Å². The predicted octanol–water partition coefficient (Wildman–Crippen LogP) is 2.04. The lowest BCUT2D eigenvalue weighted by Gasteiger charge is -2.08. The average molecular weight is 203 g/mol. The first kappa shape index (κ1) is 12.4. The topological polar surface area (TPSA) is 38.3 Å². The summed E-state index contributed by atoms with van der Waals surface area (Å²) in [5, 5.41) is 2.66. The molecule has 0 aromatic rings. The lowest BCUT2D eigenvalue weighted by atomic mass is 10.5. The van der Waals surface area contributed by atoms with E-state index in [2.05, 4.69) is 11.9 Å². The van der Waals surface area contributed by atoms with Crippen molar-refractivity contribution >= 4 is 17.9 Å². The van der Waals surface area contributed by atoms with Gasteiger partial charge in [-0.25, -0.2) is 4.79 Å². The first-order valence-electron chi connectivity index (χ1n) is 4.30. The molecule has 3 nitrogen and oxygen atoms in total. The van der Waals surface area contributed by atoms with Crippen molar-refractivity contribution in [1.29, 1.82) is 0 Å². The fourth-order valence-corrected chi connectivity index (χ4v) is 1.23. The maximum absolute atomic E-state index is 10.9. The Morgan fingerprint density at radius 1 is 1.69 bits per heavy atom. The number of thioether (sulfide) groups is 1. The van der Waals surface area contributed by atoms with Crippen LogP contribution < -0.4 is 5.32 Å². The van der Waals surface area contributed by atoms with E-state index in [9.17, 15) is 4.79 Å². The van der Waals surface area contributed by atoms with Gasteiger partial charge in [0.1, 0.15) is 0 Å². The molecule has 0 rings (SSSR count). The Bertz CT molecular complexity index is 160. The molecular formula is C9H17NO2S. The second-order valence-electron chi connectivity index (χ2n) is 2.74. The maximum atomic E-state index is 10.9. The molecule has 13 heavy (non-hydrogen) atoms. The summed E-state index contributed by atoms with van der Waals surface area (Å²) in [4.78, 5) is 10.9. The zero-order valence-electron chi connectivity index (χ0n) is 8.21. The molecule has 0 unspecified atom stereocenters. The average Bonchev–Trinajstić information content (AvgIpc) is 2.02. The van der Waals surface area contributed by atoms with Crippen LogP contribution in [0.2, 0.25) is 0 Å². The van der Waals surface area contributed by atoms with Crippen LogP contribution in [0, 0.1) is 0 Å². The molecular weight excluding hydrogens is 186 g/mol. The quantitative estimate of drug-likeness (QED) is 0.530. The van der Waals surface area contributed by atoms with Crippen molar-refractivity contribution in [1.82, 2.24) is 5.32 Å². The van der Waals surface area contributed by atoms with Crippen molar-refractivity contribution in [3.05, 3.63) is 12.7 Å². The molecule has 76 valence electrons. The van der Waals surface area contributed by atoms with Gasteiger partial charge in [0, 0.05) is 18.1 Å². The van der Waals surface area contributed by atoms with Crippen molar-refractivity contribution < 1.29 is 9.53 Å². The summed E-state index contributed by atoms with van der Waals surface area (Å²) in [6.07, 6.45) is 1.45. The highest BCUT2D eigenvalue weighted by Crippen LogP contribution is 1.97. The zero-order valence-corrected chi connectivity index (χ0v) is 9.02. The van der Waals surface area contributed by atoms with E-state index < -0.39 is 0 Å². The molecule has 0 bridgehead atoms. The van der Waals surface area contributed by atoms with Gasteiger partial charge in [0.05, 0.1) is 6.10 Å². The molecule has 0 aromatic carbocycles. The predicted molar refractivity (Wildman–Crippen MR) is 57.1 cm³/mol. The first-order valence-corrected chi connectivity index (χ1v) is 5.45. The molecule has 0 aromatic heterocycles. The second-order valence-corrected chi connectivity index (χ2v) is 3.89. The Morgan fingerprint density at radius 3 is 2.92 bits per heavy atom. The van der Waals surface area contributed by atoms with E-state index in [0.717, 1.165) is 11.5 Å². The van der Waals surface area contributed by atoms with Gasteiger partial charge in [0.15, 0.2) is 0 Å². The van der Waals surface area contributed by atoms with E-state index in [1.807, 2.05) is 19.9 Å². The van der Waals surface area contributed by atoms with Crippen LogP contribution in [0.3, 0.4) is 0 Å². The summed E-state index contributed by atoms with van der Waals surface area (Å²) >= 11 is 1.73. The molecule has 0 aliphatic carbocycles. The van der Waals surface area contributed by atoms with E-state index >= 15 is 0 Å². The maximum Gasteiger partial charge on any atom is 0.407 e. The number of hydrogen-bond acceptors (Lipinski definition) is 3. The number of alkyl carbamates (subject to hydrolysis) is 1. The summed E-state index contributed by atoms with van der Waals surface area (Å²) in [6, 6.07) is 0. The third kappa shape index (κ3) is 9.27. The standard InChI is InChI=1S/C9H17NO2S/c1-4-6-13-7-5-10-9(11)12-8(2)3/h4,8H,1,5-7H2,2-3H3,(H,10,11). The molecule has 0 heterocycles. The molecule has 0 saturated carbocycles. The Morgan fingerprint density at radius 2 is 2.38 bits per heavy atom. The number of hydrogen-bond donors (Lipinski definition) is 1. The van der Waals surface area contributed by atoms with Gasteiger partial charge in [0.25, 0.3) is 0 Å². The first-order chi connectivity index (χ1) is 6.16. The molecule has 0 spiro atoms. The van der Waals surface area contributed by atoms with Gasteiger partial charge >= 0.3 is 6.09 Å². The normalized spacial score (nSPS) is 9.77. The van der Waals surface area contributed by atoms with Crippen LogP contribution in [0.5, 0.6) is 0 Å². The number of carbonyl (C=O) groups is 1. The second kappa shape index (κ2) is 7.98. The van der Waals surface area contributed by atoms with Gasteiger partial charge in [-0.3, -0.25) is 0 Å². The highest BCUT2D eigenvalue weighted by Gasteiger charge is 2.02. The van der Waals surface area contributed by atoms with Crippen molar-refractivity contribution in [3.8, 4) is 0 Å². The molecule has 4 heteroatoms. The van der Waals surface area contributed by atoms with Crippen LogP contribution in [0.4, 0.5) is 4.79 Å². The largest absolute Gasteiger partial charge is 0.447 e. The third-order valence-corrected chi connectivity index (χ3v) is 2.06. The molecule has 1 N–H and O–H groups in total. The summed E-state index contributed by atoms with van der Waals surface area (Å²) in [6.45, 7) is 7.89. The molecule has 0 fully saturated rings. The number of nitrogens with one attached hydrogen (secondary N) is 1. The van der Waals surface area contributed by atoms with E-state index in [-0.39, 0.29) is 12.2 Å². The van der Waals surface area contributed by atoms with Gasteiger partial charge in [-0.15, -0.1) is 6.58 Å². The lowest BCUT2D eigenvalue weighted by molar-refractivity contribution is 0.116. The number of carbonyl (C=O) groups excluding carboxylic acids is 1. The van der Waals surface area contributed by atoms with Crippen molar-refractivity contribution in [2.75, 3.05) is 18.1 Å². The smallest absolute Gasteiger partial charge is 0.407 e. The minimum absolute atomic E-state index is 0.0548. The van der Waals surface area contributed by atoms with E-state index in [4.69, 9.17) is 4.74 Å². The van der Waals surface area contributed by atoms with Gasteiger partial charge in [-0.1, -0.05) is 6.08 Å². The minimum atomic E-state index is -0.339. The Kier molecular flexibility index (Phi) is 7.59. The Labute approximate surface area is 83.9 Å². The van der Waals surface area contributed by atoms with Gasteiger partial charge < -0.3 is 10.1 Å². The van der Waals surface area contributed by atoms with Crippen LogP contribution >= 0.6 is 11.8 Å². The Hall–Kier alpha value is -0.640. The van der Waals surface area contributed by atoms with Crippen molar-refractivity contribution in [2.45, 2.75) is 20.0 Å². The fourth-order valence-electron chi connectivity index (χ4n) is 0.648. The third-order valence-electron chi connectivity index (χ3n) is 1.09. The molecule has 0 radical (unpaired) electrons. The highest BCUT2D eigenvalue weighted by molar-refractivity contribution is 7.99. The number of amides is 1. The van der Waals surface area contributed by atoms with Crippen LogP contribution in [-0.2, 0) is 4.74 Å². The minimum Gasteiger partial charge on any atom is -0.447 e. The summed E-state index contributed by atoms with van der Waals surface area (Å²) < 4.78 is 4.88. The van der Waals surface area contributed by atoms with E-state index in [1.165, 1.54) is 0 Å². The molecule has 0 saturated heterocycles. The summed E-state index contributed by atoms with van der Waals surface area (Å²) in [5.41, 5.74) is 0. The Balaban J connectivity index is 3.22. The molecule has 0 aliphatic heterocycles. The van der Waals surface area contributed by atoms with Crippen LogP contribution in [-0.4, -0.2) is 30.2 Å². The lowest BCUT2D eigenvalue weighted by Crippen LogP contribution is -2.28. The fraction of sp³-hybridized carbons (Fsp3) is 0.667. The number of rotatable bonds is 6. The monoisotopic (exact) mass is 203 g/mol. The number of ether oxygens (including phenoxy) is 1. The van der Waals surface area contributed by atoms with Crippen LogP contribution in [0.1, 0.15) is 13.8 Å². The van der Waals surface area contributed by atoms with E-state index in [0.29, 0.717) is 6.54 Å². The van der Waals surface area contributed by atoms with Crippen LogP contribution in [0.25, 0.3) is 0 Å². The summed E-state index contributed by atoms with van der Waals surface area (Å²) in [7, 11) is 0. The van der Waals surface area contributed by atoms with Crippen LogP contribution in [0.15, 0.2) is 12.7 Å². The molecule has 0 atom stereocenters. The van der Waals surface area contributed by atoms with Gasteiger partial charge in [-0.2, -0.15) is 11.8 Å². The SMILES string of the molecule is C=CCSCCNC(=O)OC(C)C. The van der Waals surface area contributed by atoms with Gasteiger partial charge in [-0.05, 0) is 13.8 Å². The van der Waals surface area contributed by atoms with E-state index in [1.54, 1.807) is 11.8 Å². The molecule has 0 aliphatic rings. The van der Waals surface area contributed by atoms with Crippen molar-refractivity contribution in [3.63, 3.8) is 0 Å². The molecule has 1 amide bonds. The summed E-state index contributed by atoms with van der Waals surface area (Å²) in [5.74, 6) is 1.81.